The van der Waals surface area contributed by atoms with Crippen molar-refractivity contribution < 1.29 is 27.2 Å². The van der Waals surface area contributed by atoms with Crippen molar-refractivity contribution in [2.24, 2.45) is 0 Å². The van der Waals surface area contributed by atoms with Crippen molar-refractivity contribution in [2.45, 2.75) is 6.18 Å². The van der Waals surface area contributed by atoms with E-state index < -0.39 is 34.4 Å². The summed E-state index contributed by atoms with van der Waals surface area (Å²) in [5, 5.41) is 4.33. The molecule has 0 atom stereocenters. The summed E-state index contributed by atoms with van der Waals surface area (Å²) < 4.78 is 52.3. The zero-order valence-corrected chi connectivity index (χ0v) is 16.4. The Kier molecular flexibility index (Phi) is 7.45. The molecule has 2 aromatic carbocycles. The van der Waals surface area contributed by atoms with E-state index in [2.05, 4.69) is 10.6 Å². The van der Waals surface area contributed by atoms with Crippen molar-refractivity contribution in [3.8, 4) is 0 Å². The molecule has 11 heteroatoms. The van der Waals surface area contributed by atoms with E-state index in [1.807, 2.05) is 0 Å². The summed E-state index contributed by atoms with van der Waals surface area (Å²) in [5.41, 5.74) is -1.24. The van der Waals surface area contributed by atoms with Crippen LogP contribution in [0.2, 0.25) is 10.0 Å². The first-order valence-electron chi connectivity index (χ1n) is 8.05. The van der Waals surface area contributed by atoms with Crippen LogP contribution in [-0.4, -0.2) is 36.9 Å². The third-order valence-electron chi connectivity index (χ3n) is 3.59. The van der Waals surface area contributed by atoms with Crippen LogP contribution in [0, 0.1) is 5.82 Å². The third-order valence-corrected chi connectivity index (χ3v) is 4.15. The van der Waals surface area contributed by atoms with Crippen LogP contribution in [0.3, 0.4) is 0 Å². The fourth-order valence-corrected chi connectivity index (χ4v) is 2.73. The van der Waals surface area contributed by atoms with Gasteiger partial charge in [-0.1, -0.05) is 23.2 Å². The molecule has 0 bridgehead atoms. The highest BCUT2D eigenvalue weighted by atomic mass is 35.5. The van der Waals surface area contributed by atoms with Gasteiger partial charge < -0.3 is 10.6 Å². The van der Waals surface area contributed by atoms with Crippen LogP contribution in [0.25, 0.3) is 0 Å². The van der Waals surface area contributed by atoms with Crippen LogP contribution in [0.4, 0.5) is 28.9 Å². The molecule has 0 spiro atoms. The summed E-state index contributed by atoms with van der Waals surface area (Å²) in [6, 6.07) is 6.70. The Labute approximate surface area is 173 Å². The van der Waals surface area contributed by atoms with E-state index in [9.17, 15) is 27.2 Å². The molecule has 0 aliphatic carbocycles. The van der Waals surface area contributed by atoms with Crippen molar-refractivity contribution in [1.82, 2.24) is 4.90 Å². The van der Waals surface area contributed by atoms with Crippen LogP contribution < -0.4 is 10.6 Å². The lowest BCUT2D eigenvalue weighted by atomic mass is 10.2. The van der Waals surface area contributed by atoms with Gasteiger partial charge in [0, 0.05) is 10.7 Å². The molecule has 0 saturated heterocycles. The van der Waals surface area contributed by atoms with E-state index in [4.69, 9.17) is 23.2 Å². The Bertz CT molecular complexity index is 922. The lowest BCUT2D eigenvalue weighted by molar-refractivity contribution is -0.137. The molecular weight excluding hydrogens is 437 g/mol. The van der Waals surface area contributed by atoms with Gasteiger partial charge in [0.05, 0.1) is 29.4 Å². The maximum atomic E-state index is 13.7. The summed E-state index contributed by atoms with van der Waals surface area (Å²) in [4.78, 5) is 25.3. The Morgan fingerprint density at radius 3 is 2.21 bits per heavy atom. The number of nitrogens with zero attached hydrogens (tertiary/aromatic N) is 1. The highest BCUT2D eigenvalue weighted by Crippen LogP contribution is 2.36. The number of halogens is 6. The average Bonchev–Trinajstić information content (AvgIpc) is 2.57. The number of alkyl halides is 3. The van der Waals surface area contributed by atoms with Crippen LogP contribution in [-0.2, 0) is 15.8 Å². The number of rotatable bonds is 6. The Morgan fingerprint density at radius 1 is 1.00 bits per heavy atom. The summed E-state index contributed by atoms with van der Waals surface area (Å²) in [6.45, 7) is -0.551. The van der Waals surface area contributed by atoms with Gasteiger partial charge in [0.1, 0.15) is 5.82 Å². The predicted octanol–water partition coefficient (Wildman–Crippen LogP) is 4.66. The number of hydrogen-bond donors (Lipinski definition) is 2. The minimum absolute atomic E-state index is 0.0712. The lowest BCUT2D eigenvalue weighted by Crippen LogP contribution is -2.36. The minimum atomic E-state index is -4.66. The van der Waals surface area contributed by atoms with Gasteiger partial charge in [0.2, 0.25) is 11.8 Å². The summed E-state index contributed by atoms with van der Waals surface area (Å²) in [7, 11) is 1.44. The molecule has 0 saturated carbocycles. The summed E-state index contributed by atoms with van der Waals surface area (Å²) >= 11 is 11.2. The van der Waals surface area contributed by atoms with Gasteiger partial charge in [-0.15, -0.1) is 0 Å². The van der Waals surface area contributed by atoms with E-state index >= 15 is 0 Å². The molecule has 2 N–H and O–H groups in total. The van der Waals surface area contributed by atoms with E-state index in [1.54, 1.807) is 0 Å². The molecule has 2 aromatic rings. The molecule has 0 fully saturated rings. The molecule has 0 radical (unpaired) electrons. The normalized spacial score (nSPS) is 11.4. The average molecular weight is 452 g/mol. The van der Waals surface area contributed by atoms with Gasteiger partial charge in [-0.2, -0.15) is 13.2 Å². The molecule has 0 aliphatic rings. The first-order valence-corrected chi connectivity index (χ1v) is 8.81. The van der Waals surface area contributed by atoms with E-state index in [1.165, 1.54) is 30.1 Å². The SMILES string of the molecule is CN(CC(=O)Nc1ccc(Cl)c(C(F)(F)F)c1)CC(=O)Nc1ccc(Cl)cc1F. The van der Waals surface area contributed by atoms with Crippen molar-refractivity contribution >= 4 is 46.4 Å². The monoisotopic (exact) mass is 451 g/mol. The molecule has 0 unspecified atom stereocenters. The molecule has 0 heterocycles. The molecular formula is C18H15Cl2F4N3O2. The number of amides is 2. The smallest absolute Gasteiger partial charge is 0.325 e. The zero-order chi connectivity index (χ0) is 21.8. The van der Waals surface area contributed by atoms with Crippen LogP contribution in [0.15, 0.2) is 36.4 Å². The number of carbonyl (C=O) groups is 2. The van der Waals surface area contributed by atoms with Gasteiger partial charge in [-0.25, -0.2) is 4.39 Å². The van der Waals surface area contributed by atoms with Gasteiger partial charge >= 0.3 is 6.18 Å². The molecule has 0 aromatic heterocycles. The fraction of sp³-hybridized carbons (Fsp3) is 0.222. The highest BCUT2D eigenvalue weighted by Gasteiger charge is 2.33. The van der Waals surface area contributed by atoms with Gasteiger partial charge in [0.25, 0.3) is 0 Å². The minimum Gasteiger partial charge on any atom is -0.325 e. The molecule has 0 aliphatic heterocycles. The number of hydrogen-bond acceptors (Lipinski definition) is 3. The number of nitrogens with one attached hydrogen (secondary N) is 2. The maximum absolute atomic E-state index is 13.7. The van der Waals surface area contributed by atoms with Crippen molar-refractivity contribution in [2.75, 3.05) is 30.8 Å². The number of likely N-dealkylation sites (N-methyl/N-ethyl adjacent to an activating group) is 1. The van der Waals surface area contributed by atoms with E-state index in [0.717, 1.165) is 18.2 Å². The molecule has 29 heavy (non-hydrogen) atoms. The van der Waals surface area contributed by atoms with Gasteiger partial charge in [-0.3, -0.25) is 14.5 Å². The Morgan fingerprint density at radius 2 is 1.62 bits per heavy atom. The second-order valence-electron chi connectivity index (χ2n) is 6.09. The summed E-state index contributed by atoms with van der Waals surface area (Å²) in [5.74, 6) is -1.95. The van der Waals surface area contributed by atoms with Gasteiger partial charge in [0.15, 0.2) is 0 Å². The van der Waals surface area contributed by atoms with E-state index in [0.29, 0.717) is 0 Å². The number of anilines is 2. The van der Waals surface area contributed by atoms with Gasteiger partial charge in [-0.05, 0) is 43.4 Å². The molecule has 2 amide bonds. The number of carbonyl (C=O) groups excluding carboxylic acids is 2. The largest absolute Gasteiger partial charge is 0.417 e. The Hall–Kier alpha value is -2.36. The molecule has 2 rings (SSSR count). The summed E-state index contributed by atoms with van der Waals surface area (Å²) in [6.07, 6.45) is -4.66. The molecule has 5 nitrogen and oxygen atoms in total. The standard InChI is InChI=1S/C18H15Cl2F4N3O2/c1-27(9-17(29)26-15-5-2-10(19)6-14(15)21)8-16(28)25-11-3-4-13(20)12(7-11)18(22,23)24/h2-7H,8-9H2,1H3,(H,25,28)(H,26,29). The topological polar surface area (TPSA) is 61.4 Å². The number of benzene rings is 2. The quantitative estimate of drug-likeness (QED) is 0.627. The second kappa shape index (κ2) is 9.43. The van der Waals surface area contributed by atoms with Crippen LogP contribution >= 0.6 is 23.2 Å². The van der Waals surface area contributed by atoms with Crippen molar-refractivity contribution in [3.05, 3.63) is 57.8 Å². The second-order valence-corrected chi connectivity index (χ2v) is 6.93. The first-order chi connectivity index (χ1) is 13.5. The van der Waals surface area contributed by atoms with Crippen LogP contribution in [0.5, 0.6) is 0 Å². The maximum Gasteiger partial charge on any atom is 0.417 e. The van der Waals surface area contributed by atoms with Crippen molar-refractivity contribution in [3.63, 3.8) is 0 Å². The zero-order valence-electron chi connectivity index (χ0n) is 14.9. The van der Waals surface area contributed by atoms with Crippen molar-refractivity contribution in [1.29, 1.82) is 0 Å². The first kappa shape index (κ1) is 22.9. The fourth-order valence-electron chi connectivity index (χ4n) is 2.35. The molecule has 156 valence electrons. The Balaban J connectivity index is 1.91. The predicted molar refractivity (Wildman–Crippen MR) is 103 cm³/mol. The lowest BCUT2D eigenvalue weighted by Gasteiger charge is -2.17. The van der Waals surface area contributed by atoms with Crippen LogP contribution in [0.1, 0.15) is 5.56 Å². The highest BCUT2D eigenvalue weighted by molar-refractivity contribution is 6.31. The van der Waals surface area contributed by atoms with E-state index in [-0.39, 0.29) is 29.5 Å². The third kappa shape index (κ3) is 6.88.